The van der Waals surface area contributed by atoms with Crippen molar-refractivity contribution in [1.29, 1.82) is 0 Å². The van der Waals surface area contributed by atoms with Crippen LogP contribution in [0.2, 0.25) is 5.02 Å². The number of hydrogen-bond acceptors (Lipinski definition) is 2. The highest BCUT2D eigenvalue weighted by Crippen LogP contribution is 2.28. The lowest BCUT2D eigenvalue weighted by Crippen LogP contribution is -2.12. The van der Waals surface area contributed by atoms with Crippen molar-refractivity contribution in [2.75, 3.05) is 0 Å². The Labute approximate surface area is 199 Å². The van der Waals surface area contributed by atoms with Crippen LogP contribution in [-0.4, -0.2) is 9.55 Å². The molecular weight excluding hydrogens is 416 g/mol. The molecule has 3 nitrogen and oxygen atoms in total. The number of aromatic nitrogens is 2. The predicted octanol–water partition coefficient (Wildman–Crippen LogP) is 9.06. The highest BCUT2D eigenvalue weighted by molar-refractivity contribution is 6.31. The molecule has 1 aromatic heterocycles. The topological polar surface area (TPSA) is 27.1 Å². The van der Waals surface area contributed by atoms with E-state index in [1.54, 1.807) is 0 Å². The van der Waals surface area contributed by atoms with Gasteiger partial charge >= 0.3 is 0 Å². The van der Waals surface area contributed by atoms with Crippen LogP contribution in [0, 0.1) is 6.92 Å². The van der Waals surface area contributed by atoms with Gasteiger partial charge in [-0.3, -0.25) is 0 Å². The Hall–Kier alpha value is -2.00. The third-order valence-electron chi connectivity index (χ3n) is 6.23. The van der Waals surface area contributed by atoms with Crippen molar-refractivity contribution in [3.05, 3.63) is 58.9 Å². The van der Waals surface area contributed by atoms with Crippen LogP contribution < -0.4 is 4.74 Å². The van der Waals surface area contributed by atoms with Crippen LogP contribution in [0.15, 0.2) is 42.5 Å². The average molecular weight is 455 g/mol. The Kier molecular flexibility index (Phi) is 9.92. The second-order valence-corrected chi connectivity index (χ2v) is 9.37. The SMILES string of the molecule is CCCCCCCCCCCCn1c(C(C)Oc2ccc(Cl)c(C)c2)nc2ccccc21. The van der Waals surface area contributed by atoms with Crippen LogP contribution in [-0.2, 0) is 6.54 Å². The Morgan fingerprint density at radius 1 is 0.906 bits per heavy atom. The quantitative estimate of drug-likeness (QED) is 0.227. The molecule has 32 heavy (non-hydrogen) atoms. The second-order valence-electron chi connectivity index (χ2n) is 8.96. The molecule has 0 fully saturated rings. The number of unbranched alkanes of at least 4 members (excludes halogenated alkanes) is 9. The van der Waals surface area contributed by atoms with E-state index in [4.69, 9.17) is 21.3 Å². The summed E-state index contributed by atoms with van der Waals surface area (Å²) in [5.74, 6) is 1.83. The Bertz CT molecular complexity index is 965. The summed E-state index contributed by atoms with van der Waals surface area (Å²) < 4.78 is 8.62. The maximum Gasteiger partial charge on any atom is 0.153 e. The number of halogens is 1. The van der Waals surface area contributed by atoms with Crippen molar-refractivity contribution in [2.45, 2.75) is 97.6 Å². The van der Waals surface area contributed by atoms with Gasteiger partial charge < -0.3 is 9.30 Å². The van der Waals surface area contributed by atoms with E-state index in [-0.39, 0.29) is 6.10 Å². The van der Waals surface area contributed by atoms with Crippen LogP contribution in [0.5, 0.6) is 5.75 Å². The first-order valence-electron chi connectivity index (χ1n) is 12.5. The van der Waals surface area contributed by atoms with Gasteiger partial charge in [0.2, 0.25) is 0 Å². The number of fused-ring (bicyclic) bond motifs is 1. The molecule has 0 saturated carbocycles. The molecule has 4 heteroatoms. The standard InChI is InChI=1S/C28H39ClN2O/c1-4-5-6-7-8-9-10-11-12-15-20-31-27-17-14-13-16-26(27)30-28(31)23(3)32-24-18-19-25(29)22(2)21-24/h13-14,16-19,21,23H,4-12,15,20H2,1-3H3. The molecule has 3 rings (SSSR count). The molecule has 174 valence electrons. The van der Waals surface area contributed by atoms with Gasteiger partial charge in [0.1, 0.15) is 5.75 Å². The lowest BCUT2D eigenvalue weighted by molar-refractivity contribution is 0.211. The molecule has 3 aromatic rings. The summed E-state index contributed by atoms with van der Waals surface area (Å²) in [4.78, 5) is 4.92. The number of hydrogen-bond donors (Lipinski definition) is 0. The largest absolute Gasteiger partial charge is 0.483 e. The van der Waals surface area contributed by atoms with Gasteiger partial charge in [-0.2, -0.15) is 0 Å². The zero-order chi connectivity index (χ0) is 22.8. The fourth-order valence-corrected chi connectivity index (χ4v) is 4.46. The number of ether oxygens (including phenoxy) is 1. The molecule has 2 aromatic carbocycles. The molecule has 0 saturated heterocycles. The first kappa shape index (κ1) is 24.6. The van der Waals surface area contributed by atoms with E-state index in [9.17, 15) is 0 Å². The van der Waals surface area contributed by atoms with Crippen LogP contribution >= 0.6 is 11.6 Å². The molecule has 0 bridgehead atoms. The second kappa shape index (κ2) is 12.9. The van der Waals surface area contributed by atoms with E-state index in [1.807, 2.05) is 25.1 Å². The van der Waals surface area contributed by atoms with Gasteiger partial charge in [-0.25, -0.2) is 4.98 Å². The van der Waals surface area contributed by atoms with Gasteiger partial charge in [0, 0.05) is 11.6 Å². The number of imidazole rings is 1. The number of para-hydroxylation sites is 2. The minimum absolute atomic E-state index is 0.133. The lowest BCUT2D eigenvalue weighted by Gasteiger charge is -2.17. The number of benzene rings is 2. The number of aryl methyl sites for hydroxylation is 2. The van der Waals surface area contributed by atoms with Gasteiger partial charge in [-0.05, 0) is 56.2 Å². The highest BCUT2D eigenvalue weighted by atomic mass is 35.5. The molecule has 1 heterocycles. The Morgan fingerprint density at radius 2 is 1.56 bits per heavy atom. The van der Waals surface area contributed by atoms with Crippen LogP contribution in [0.3, 0.4) is 0 Å². The van der Waals surface area contributed by atoms with Crippen molar-refractivity contribution in [3.63, 3.8) is 0 Å². The van der Waals surface area contributed by atoms with E-state index >= 15 is 0 Å². The fourth-order valence-electron chi connectivity index (χ4n) is 4.34. The van der Waals surface area contributed by atoms with Crippen molar-refractivity contribution in [1.82, 2.24) is 9.55 Å². The summed E-state index contributed by atoms with van der Waals surface area (Å²) in [6.45, 7) is 7.35. The first-order chi connectivity index (χ1) is 15.6. The normalized spacial score (nSPS) is 12.4. The highest BCUT2D eigenvalue weighted by Gasteiger charge is 2.18. The van der Waals surface area contributed by atoms with Crippen molar-refractivity contribution < 1.29 is 4.74 Å². The average Bonchev–Trinajstić information content (AvgIpc) is 3.16. The molecular formula is C28H39ClN2O. The molecule has 0 aliphatic heterocycles. The molecule has 0 spiro atoms. The minimum atomic E-state index is -0.133. The summed E-state index contributed by atoms with van der Waals surface area (Å²) in [5.41, 5.74) is 3.26. The maximum absolute atomic E-state index is 6.26. The van der Waals surface area contributed by atoms with Crippen LogP contribution in [0.1, 0.15) is 95.5 Å². The van der Waals surface area contributed by atoms with E-state index < -0.39 is 0 Å². The van der Waals surface area contributed by atoms with Gasteiger partial charge in [0.05, 0.1) is 11.0 Å². The summed E-state index contributed by atoms with van der Waals surface area (Å²) in [6, 6.07) is 14.2. The summed E-state index contributed by atoms with van der Waals surface area (Å²) in [6.07, 6.45) is 13.3. The van der Waals surface area contributed by atoms with E-state index in [0.717, 1.165) is 34.2 Å². The summed E-state index contributed by atoms with van der Waals surface area (Å²) >= 11 is 6.17. The fraction of sp³-hybridized carbons (Fsp3) is 0.536. The predicted molar refractivity (Wildman–Crippen MR) is 137 cm³/mol. The van der Waals surface area contributed by atoms with Gasteiger partial charge in [0.15, 0.2) is 11.9 Å². The zero-order valence-corrected chi connectivity index (χ0v) is 20.8. The zero-order valence-electron chi connectivity index (χ0n) is 20.1. The molecule has 0 aliphatic rings. The van der Waals surface area contributed by atoms with Crippen molar-refractivity contribution in [2.24, 2.45) is 0 Å². The molecule has 0 radical (unpaired) electrons. The third kappa shape index (κ3) is 7.00. The minimum Gasteiger partial charge on any atom is -0.483 e. The summed E-state index contributed by atoms with van der Waals surface area (Å²) in [7, 11) is 0. The van der Waals surface area contributed by atoms with Crippen LogP contribution in [0.25, 0.3) is 11.0 Å². The monoisotopic (exact) mass is 454 g/mol. The van der Waals surface area contributed by atoms with Crippen LogP contribution in [0.4, 0.5) is 0 Å². The molecule has 1 unspecified atom stereocenters. The molecule has 0 amide bonds. The van der Waals surface area contributed by atoms with E-state index in [1.165, 1.54) is 69.7 Å². The maximum atomic E-state index is 6.26. The number of nitrogens with zero attached hydrogens (tertiary/aromatic N) is 2. The Balaban J connectivity index is 1.56. The van der Waals surface area contributed by atoms with Crippen molar-refractivity contribution >= 4 is 22.6 Å². The van der Waals surface area contributed by atoms with E-state index in [2.05, 4.69) is 42.7 Å². The van der Waals surface area contributed by atoms with Gasteiger partial charge in [-0.1, -0.05) is 88.4 Å². The lowest BCUT2D eigenvalue weighted by atomic mass is 10.1. The Morgan fingerprint density at radius 3 is 2.25 bits per heavy atom. The van der Waals surface area contributed by atoms with E-state index in [0.29, 0.717) is 0 Å². The molecule has 0 N–H and O–H groups in total. The van der Waals surface area contributed by atoms with Gasteiger partial charge in [0.25, 0.3) is 0 Å². The summed E-state index contributed by atoms with van der Waals surface area (Å²) in [5, 5.41) is 0.762. The first-order valence-corrected chi connectivity index (χ1v) is 12.9. The number of rotatable bonds is 14. The smallest absolute Gasteiger partial charge is 0.153 e. The van der Waals surface area contributed by atoms with Crippen molar-refractivity contribution in [3.8, 4) is 5.75 Å². The molecule has 0 aliphatic carbocycles. The third-order valence-corrected chi connectivity index (χ3v) is 6.65. The molecule has 1 atom stereocenters. The van der Waals surface area contributed by atoms with Gasteiger partial charge in [-0.15, -0.1) is 0 Å².